The molecule has 1 aliphatic rings. The van der Waals surface area contributed by atoms with Crippen molar-refractivity contribution in [3.63, 3.8) is 0 Å². The molecule has 1 aliphatic heterocycles. The van der Waals surface area contributed by atoms with Crippen LogP contribution in [0.3, 0.4) is 0 Å². The lowest BCUT2D eigenvalue weighted by molar-refractivity contribution is 0.0695. The second-order valence-electron chi connectivity index (χ2n) is 6.48. The average molecular weight is 438 g/mol. The normalized spacial score (nSPS) is 18.8. The van der Waals surface area contributed by atoms with Gasteiger partial charge in [0, 0.05) is 38.0 Å². The van der Waals surface area contributed by atoms with Gasteiger partial charge in [-0.15, -0.1) is 23.7 Å². The number of likely N-dealkylation sites (N-methyl/N-ethyl adjacent to an activating group) is 1. The van der Waals surface area contributed by atoms with Crippen molar-refractivity contribution in [3.05, 3.63) is 45.7 Å². The summed E-state index contributed by atoms with van der Waals surface area (Å²) in [5.41, 5.74) is -0.490. The van der Waals surface area contributed by atoms with Gasteiger partial charge in [-0.05, 0) is 19.2 Å². The molecular weight excluding hydrogens is 418 g/mol. The zero-order chi connectivity index (χ0) is 19.8. The predicted octanol–water partition coefficient (Wildman–Crippen LogP) is 1.39. The SMILES string of the molecule is CNC1CN(c2ccc3c(=O)c(C(=O)O)cn(-c4nccs4)c3n2)CC1OC.Cl. The van der Waals surface area contributed by atoms with Crippen molar-refractivity contribution in [1.29, 1.82) is 0 Å². The number of rotatable bonds is 5. The Hall–Kier alpha value is -2.53. The summed E-state index contributed by atoms with van der Waals surface area (Å²) in [6.45, 7) is 1.37. The molecule has 11 heteroatoms. The number of carboxylic acids is 1. The van der Waals surface area contributed by atoms with Crippen molar-refractivity contribution >= 4 is 46.6 Å². The molecule has 2 unspecified atom stereocenters. The van der Waals surface area contributed by atoms with Crippen LogP contribution in [0.15, 0.2) is 34.7 Å². The summed E-state index contributed by atoms with van der Waals surface area (Å²) < 4.78 is 7.10. The summed E-state index contributed by atoms with van der Waals surface area (Å²) in [5.74, 6) is -0.583. The summed E-state index contributed by atoms with van der Waals surface area (Å²) in [6, 6.07) is 3.54. The van der Waals surface area contributed by atoms with Crippen molar-refractivity contribution in [2.75, 3.05) is 32.1 Å². The van der Waals surface area contributed by atoms with Crippen LogP contribution >= 0.6 is 23.7 Å². The third kappa shape index (κ3) is 3.71. The van der Waals surface area contributed by atoms with E-state index in [-0.39, 0.29) is 35.5 Å². The standard InChI is InChI=1S/C18H19N5O4S.ClH/c1-19-12-8-22(9-13(12)27-2)14-4-3-10-15(24)11(17(25)26)7-23(16(10)21-14)18-20-5-6-28-18;/h3-7,12-13,19H,8-9H2,1-2H3,(H,25,26);1H. The number of anilines is 1. The minimum atomic E-state index is -1.28. The van der Waals surface area contributed by atoms with E-state index < -0.39 is 11.4 Å². The van der Waals surface area contributed by atoms with Gasteiger partial charge in [0.15, 0.2) is 10.8 Å². The van der Waals surface area contributed by atoms with Gasteiger partial charge in [-0.3, -0.25) is 9.36 Å². The molecule has 0 aliphatic carbocycles. The number of carboxylic acid groups (broad SMARTS) is 1. The quantitative estimate of drug-likeness (QED) is 0.616. The molecule has 154 valence electrons. The number of fused-ring (bicyclic) bond motifs is 1. The maximum atomic E-state index is 12.6. The number of thiazole rings is 1. The zero-order valence-electron chi connectivity index (χ0n) is 15.7. The molecule has 0 radical (unpaired) electrons. The van der Waals surface area contributed by atoms with Gasteiger partial charge in [0.05, 0.1) is 17.5 Å². The van der Waals surface area contributed by atoms with E-state index in [2.05, 4.69) is 15.2 Å². The molecular formula is C18H20ClN5O4S. The topological polar surface area (TPSA) is 110 Å². The molecule has 0 saturated carbocycles. The molecule has 0 aromatic carbocycles. The zero-order valence-corrected chi connectivity index (χ0v) is 17.4. The summed E-state index contributed by atoms with van der Waals surface area (Å²) in [7, 11) is 3.57. The minimum Gasteiger partial charge on any atom is -0.477 e. The Bertz CT molecular complexity index is 1080. The number of ether oxygens (including phenoxy) is 1. The van der Waals surface area contributed by atoms with E-state index >= 15 is 0 Å². The molecule has 2 N–H and O–H groups in total. The van der Waals surface area contributed by atoms with Crippen molar-refractivity contribution in [2.45, 2.75) is 12.1 Å². The molecule has 0 amide bonds. The van der Waals surface area contributed by atoms with Crippen molar-refractivity contribution in [1.82, 2.24) is 19.9 Å². The van der Waals surface area contributed by atoms with Crippen molar-refractivity contribution in [2.24, 2.45) is 0 Å². The van der Waals surface area contributed by atoms with Gasteiger partial charge in [0.25, 0.3) is 0 Å². The maximum Gasteiger partial charge on any atom is 0.341 e. The number of nitrogens with one attached hydrogen (secondary N) is 1. The van der Waals surface area contributed by atoms with E-state index in [0.717, 1.165) is 0 Å². The van der Waals surface area contributed by atoms with Crippen LogP contribution in [0.5, 0.6) is 0 Å². The Morgan fingerprint density at radius 2 is 2.17 bits per heavy atom. The second kappa shape index (κ2) is 8.46. The largest absolute Gasteiger partial charge is 0.477 e. The second-order valence-corrected chi connectivity index (χ2v) is 7.35. The van der Waals surface area contributed by atoms with E-state index in [9.17, 15) is 14.7 Å². The molecule has 9 nitrogen and oxygen atoms in total. The minimum absolute atomic E-state index is 0. The Morgan fingerprint density at radius 3 is 2.76 bits per heavy atom. The van der Waals surface area contributed by atoms with Gasteiger partial charge in [-0.1, -0.05) is 0 Å². The van der Waals surface area contributed by atoms with Crippen LogP contribution in [0.25, 0.3) is 16.2 Å². The molecule has 3 aromatic heterocycles. The molecule has 0 bridgehead atoms. The number of aromatic nitrogens is 3. The first-order valence-corrected chi connectivity index (χ1v) is 9.56. The van der Waals surface area contributed by atoms with E-state index in [0.29, 0.717) is 29.7 Å². The third-order valence-electron chi connectivity index (χ3n) is 4.96. The van der Waals surface area contributed by atoms with Crippen LogP contribution in [0, 0.1) is 0 Å². The van der Waals surface area contributed by atoms with Crippen LogP contribution in [0.2, 0.25) is 0 Å². The van der Waals surface area contributed by atoms with Gasteiger partial charge >= 0.3 is 5.97 Å². The van der Waals surface area contributed by atoms with Crippen LogP contribution in [0.4, 0.5) is 5.82 Å². The number of aromatic carboxylic acids is 1. The maximum absolute atomic E-state index is 12.6. The summed E-state index contributed by atoms with van der Waals surface area (Å²) in [4.78, 5) is 35.2. The van der Waals surface area contributed by atoms with E-state index in [1.165, 1.54) is 17.5 Å². The van der Waals surface area contributed by atoms with Crippen LogP contribution in [0.1, 0.15) is 10.4 Å². The summed E-state index contributed by atoms with van der Waals surface area (Å²) in [6.07, 6.45) is 2.94. The predicted molar refractivity (Wildman–Crippen MR) is 113 cm³/mol. The van der Waals surface area contributed by atoms with Crippen LogP contribution in [-0.4, -0.2) is 65.0 Å². The number of methoxy groups -OCH3 is 1. The van der Waals surface area contributed by atoms with Crippen LogP contribution < -0.4 is 15.6 Å². The first-order valence-electron chi connectivity index (χ1n) is 8.68. The van der Waals surface area contributed by atoms with E-state index in [1.807, 2.05) is 7.05 Å². The molecule has 0 spiro atoms. The fourth-order valence-electron chi connectivity index (χ4n) is 3.48. The Labute approximate surface area is 176 Å². The highest BCUT2D eigenvalue weighted by atomic mass is 35.5. The van der Waals surface area contributed by atoms with E-state index in [4.69, 9.17) is 9.72 Å². The lowest BCUT2D eigenvalue weighted by atomic mass is 10.2. The molecule has 4 heterocycles. The monoisotopic (exact) mass is 437 g/mol. The van der Waals surface area contributed by atoms with Gasteiger partial charge in [0.2, 0.25) is 5.43 Å². The van der Waals surface area contributed by atoms with Gasteiger partial charge in [0.1, 0.15) is 11.4 Å². The van der Waals surface area contributed by atoms with Crippen LogP contribution in [-0.2, 0) is 4.74 Å². The third-order valence-corrected chi connectivity index (χ3v) is 5.73. The lowest BCUT2D eigenvalue weighted by Crippen LogP contribution is -2.37. The Kier molecular flexibility index (Phi) is 6.18. The number of nitrogens with zero attached hydrogens (tertiary/aromatic N) is 4. The Morgan fingerprint density at radius 1 is 1.38 bits per heavy atom. The van der Waals surface area contributed by atoms with Gasteiger partial charge in [-0.25, -0.2) is 14.8 Å². The van der Waals surface area contributed by atoms with Gasteiger partial charge in [-0.2, -0.15) is 0 Å². The highest BCUT2D eigenvalue weighted by Crippen LogP contribution is 2.24. The highest BCUT2D eigenvalue weighted by molar-refractivity contribution is 7.12. The van der Waals surface area contributed by atoms with Crippen molar-refractivity contribution in [3.8, 4) is 5.13 Å². The number of carbonyl (C=O) groups is 1. The number of hydrogen-bond donors (Lipinski definition) is 2. The molecule has 29 heavy (non-hydrogen) atoms. The van der Waals surface area contributed by atoms with Gasteiger partial charge < -0.3 is 20.1 Å². The highest BCUT2D eigenvalue weighted by Gasteiger charge is 2.32. The molecule has 2 atom stereocenters. The number of pyridine rings is 2. The Balaban J connectivity index is 0.00000240. The lowest BCUT2D eigenvalue weighted by Gasteiger charge is -2.18. The fourth-order valence-corrected chi connectivity index (χ4v) is 4.10. The fraction of sp³-hybridized carbons (Fsp3) is 0.333. The molecule has 3 aromatic rings. The first kappa shape index (κ1) is 21.2. The molecule has 4 rings (SSSR count). The van der Waals surface area contributed by atoms with Crippen molar-refractivity contribution < 1.29 is 14.6 Å². The molecule has 1 saturated heterocycles. The summed E-state index contributed by atoms with van der Waals surface area (Å²) >= 11 is 1.34. The smallest absolute Gasteiger partial charge is 0.341 e. The number of hydrogen-bond acceptors (Lipinski definition) is 8. The first-order chi connectivity index (χ1) is 13.5. The average Bonchev–Trinajstić information content (AvgIpc) is 3.37. The molecule has 1 fully saturated rings. The summed E-state index contributed by atoms with van der Waals surface area (Å²) in [5, 5.41) is 15.2. The van der Waals surface area contributed by atoms with E-state index in [1.54, 1.807) is 35.4 Å². The number of halogens is 1.